The van der Waals surface area contributed by atoms with Crippen molar-refractivity contribution in [1.29, 1.82) is 0 Å². The van der Waals surface area contributed by atoms with Gasteiger partial charge in [0, 0.05) is 47.0 Å². The van der Waals surface area contributed by atoms with Gasteiger partial charge >= 0.3 is 11.9 Å². The summed E-state index contributed by atoms with van der Waals surface area (Å²) >= 11 is 0. The van der Waals surface area contributed by atoms with Gasteiger partial charge in [0.15, 0.2) is 16.8 Å². The van der Waals surface area contributed by atoms with Crippen molar-refractivity contribution >= 4 is 5.69 Å². The first-order chi connectivity index (χ1) is 14.7. The first-order valence-electron chi connectivity index (χ1n) is 9.38. The molecule has 1 aromatic heterocycles. The molecule has 32 heavy (non-hydrogen) atoms. The largest absolute Gasteiger partial charge is 0.493 e. The molecule has 0 spiro atoms. The van der Waals surface area contributed by atoms with Gasteiger partial charge in [-0.1, -0.05) is 6.92 Å². The number of nitro groups is 1. The first-order valence-corrected chi connectivity index (χ1v) is 9.38. The average molecular weight is 462 g/mol. The normalized spacial score (nSPS) is 25.7. The van der Waals surface area contributed by atoms with Crippen LogP contribution in [0, 0.1) is 34.6 Å². The summed E-state index contributed by atoms with van der Waals surface area (Å²) in [6, 6.07) is 2.88. The minimum atomic E-state index is -4.89. The number of aromatic amines is 1. The lowest BCUT2D eigenvalue weighted by Gasteiger charge is -2.32. The summed E-state index contributed by atoms with van der Waals surface area (Å²) in [5, 5.41) is 11.2. The Kier molecular flexibility index (Phi) is 5.79. The molecule has 0 unspecified atom stereocenters. The van der Waals surface area contributed by atoms with E-state index >= 15 is 0 Å². The number of halogens is 5. The maximum atomic E-state index is 14.6. The molecule has 1 aliphatic heterocycles. The highest BCUT2D eigenvalue weighted by atomic mass is 19.4. The highest BCUT2D eigenvalue weighted by Crippen LogP contribution is 2.59. The lowest BCUT2D eigenvalue weighted by Crippen LogP contribution is -2.46. The number of ether oxygens (including phenoxy) is 2. The molecule has 1 aromatic carbocycles. The van der Waals surface area contributed by atoms with Gasteiger partial charge in [-0.3, -0.25) is 14.9 Å². The molecule has 1 fully saturated rings. The van der Waals surface area contributed by atoms with Gasteiger partial charge in [0.25, 0.3) is 0 Å². The fourth-order valence-electron chi connectivity index (χ4n) is 4.13. The van der Waals surface area contributed by atoms with E-state index in [9.17, 15) is 36.9 Å². The Labute approximate surface area is 178 Å². The van der Waals surface area contributed by atoms with Gasteiger partial charge in [-0.15, -0.1) is 0 Å². The van der Waals surface area contributed by atoms with Crippen molar-refractivity contribution in [3.8, 4) is 5.75 Å². The Morgan fingerprint density at radius 3 is 2.34 bits per heavy atom. The number of nitrogens with zero attached hydrogens (tertiary/aromatic N) is 1. The molecule has 0 bridgehead atoms. The quantitative estimate of drug-likeness (QED) is 0.404. The number of hydrogen-bond donors (Lipinski definition) is 1. The molecule has 7 nitrogen and oxygen atoms in total. The minimum absolute atomic E-state index is 0.0470. The van der Waals surface area contributed by atoms with Crippen LogP contribution >= 0.6 is 0 Å². The van der Waals surface area contributed by atoms with Crippen molar-refractivity contribution in [1.82, 2.24) is 4.98 Å². The van der Waals surface area contributed by atoms with E-state index in [1.807, 2.05) is 0 Å². The van der Waals surface area contributed by atoms with Crippen molar-refractivity contribution in [3.63, 3.8) is 0 Å². The Bertz CT molecular complexity index is 1130. The monoisotopic (exact) mass is 462 g/mol. The zero-order valence-electron chi connectivity index (χ0n) is 17.3. The summed E-state index contributed by atoms with van der Waals surface area (Å²) in [5.74, 6) is -7.11. The smallest absolute Gasteiger partial charge is 0.417 e. The van der Waals surface area contributed by atoms with E-state index in [4.69, 9.17) is 9.47 Å². The van der Waals surface area contributed by atoms with Crippen LogP contribution in [0.3, 0.4) is 0 Å². The van der Waals surface area contributed by atoms with E-state index in [2.05, 4.69) is 4.98 Å². The van der Waals surface area contributed by atoms with E-state index in [1.165, 1.54) is 19.9 Å². The molecule has 1 N–H and O–H groups in total. The summed E-state index contributed by atoms with van der Waals surface area (Å²) in [4.78, 5) is 24.8. The number of pyridine rings is 1. The molecule has 4 atom stereocenters. The standard InChI is InChI=1S/C20H19F5N2O5/c1-8-5-10(28)6-12(26-8)18-14(9(2)19(3,32-18)20(23,24)25)11-7-13(27(29)30)15(21)16(22)17(11)31-4/h5-7,9,14,18H,1-4H3,(H,26,28)/t9-,14-,18-,19+/m0/s1. The summed E-state index contributed by atoms with van der Waals surface area (Å²) in [6.07, 6.45) is -6.39. The molecule has 12 heteroatoms. The second-order valence-corrected chi connectivity index (χ2v) is 7.82. The molecule has 0 saturated carbocycles. The van der Waals surface area contributed by atoms with E-state index < -0.39 is 63.1 Å². The highest BCUT2D eigenvalue weighted by Gasteiger charge is 2.65. The highest BCUT2D eigenvalue weighted by molar-refractivity contribution is 5.50. The SMILES string of the molecule is COc1c([C@H]2[C@H](c3cc(=O)cc(C)[nH]3)O[C@@](C)(C(F)(F)F)[C@H]2C)cc([N+](=O)[O-])c(F)c1F. The fraction of sp³-hybridized carbons (Fsp3) is 0.450. The minimum Gasteiger partial charge on any atom is -0.493 e. The average Bonchev–Trinajstić information content (AvgIpc) is 2.95. The van der Waals surface area contributed by atoms with Gasteiger partial charge in [0.2, 0.25) is 11.6 Å². The maximum Gasteiger partial charge on any atom is 0.417 e. The summed E-state index contributed by atoms with van der Waals surface area (Å²) in [6.45, 7) is 3.47. The Balaban J connectivity index is 2.34. The predicted molar refractivity (Wildman–Crippen MR) is 102 cm³/mol. The molecule has 0 aliphatic carbocycles. The van der Waals surface area contributed by atoms with Crippen molar-refractivity contribution in [2.75, 3.05) is 7.11 Å². The predicted octanol–water partition coefficient (Wildman–Crippen LogP) is 4.69. The molecule has 2 heterocycles. The third-order valence-corrected chi connectivity index (χ3v) is 5.90. The molecule has 0 amide bonds. The zero-order valence-corrected chi connectivity index (χ0v) is 17.3. The lowest BCUT2D eigenvalue weighted by atomic mass is 9.76. The van der Waals surface area contributed by atoms with Gasteiger partial charge in [0.1, 0.15) is 6.10 Å². The van der Waals surface area contributed by atoms with Crippen molar-refractivity contribution in [3.05, 3.63) is 67.1 Å². The summed E-state index contributed by atoms with van der Waals surface area (Å²) < 4.78 is 81.1. The van der Waals surface area contributed by atoms with Crippen molar-refractivity contribution in [2.24, 2.45) is 5.92 Å². The lowest BCUT2D eigenvalue weighted by molar-refractivity contribution is -0.387. The van der Waals surface area contributed by atoms with Crippen LogP contribution in [0.1, 0.15) is 42.8 Å². The molecule has 174 valence electrons. The zero-order chi connectivity index (χ0) is 24.2. The van der Waals surface area contributed by atoms with Crippen LogP contribution in [0.5, 0.6) is 5.75 Å². The van der Waals surface area contributed by atoms with Crippen LogP contribution < -0.4 is 10.2 Å². The number of alkyl halides is 3. The Morgan fingerprint density at radius 2 is 1.84 bits per heavy atom. The van der Waals surface area contributed by atoms with E-state index in [0.29, 0.717) is 11.8 Å². The van der Waals surface area contributed by atoms with Gasteiger partial charge in [-0.05, 0) is 13.8 Å². The summed E-state index contributed by atoms with van der Waals surface area (Å²) in [5.41, 5.74) is -4.66. The van der Waals surface area contributed by atoms with Crippen LogP contribution in [-0.2, 0) is 4.74 Å². The molecule has 0 radical (unpaired) electrons. The van der Waals surface area contributed by atoms with Crippen LogP contribution in [0.4, 0.5) is 27.6 Å². The van der Waals surface area contributed by atoms with Gasteiger partial charge in [-0.25, -0.2) is 0 Å². The number of H-pyrrole nitrogens is 1. The topological polar surface area (TPSA) is 94.5 Å². The van der Waals surface area contributed by atoms with E-state index in [-0.39, 0.29) is 11.3 Å². The third kappa shape index (κ3) is 3.61. The third-order valence-electron chi connectivity index (χ3n) is 5.90. The fourth-order valence-corrected chi connectivity index (χ4v) is 4.13. The number of benzene rings is 1. The molecular formula is C20H19F5N2O5. The molecule has 1 saturated heterocycles. The van der Waals surface area contributed by atoms with E-state index in [0.717, 1.165) is 20.1 Å². The van der Waals surface area contributed by atoms with Crippen LogP contribution in [-0.4, -0.2) is 28.8 Å². The first kappa shape index (κ1) is 23.6. The van der Waals surface area contributed by atoms with Crippen LogP contribution in [0.2, 0.25) is 0 Å². The molecule has 1 aliphatic rings. The van der Waals surface area contributed by atoms with Crippen LogP contribution in [0.15, 0.2) is 23.0 Å². The number of rotatable bonds is 4. The van der Waals surface area contributed by atoms with Gasteiger partial charge in [0.05, 0.1) is 12.0 Å². The molecule has 2 aromatic rings. The second kappa shape index (κ2) is 7.84. The number of hydrogen-bond acceptors (Lipinski definition) is 5. The van der Waals surface area contributed by atoms with E-state index in [1.54, 1.807) is 0 Å². The van der Waals surface area contributed by atoms with Crippen molar-refractivity contribution < 1.29 is 36.3 Å². The molecular weight excluding hydrogens is 443 g/mol. The number of nitrogens with one attached hydrogen (secondary N) is 1. The maximum absolute atomic E-state index is 14.6. The Hall–Kier alpha value is -3.02. The second-order valence-electron chi connectivity index (χ2n) is 7.82. The number of aryl methyl sites for hydroxylation is 1. The van der Waals surface area contributed by atoms with Gasteiger partial charge in [-0.2, -0.15) is 22.0 Å². The number of methoxy groups -OCH3 is 1. The van der Waals surface area contributed by atoms with Crippen molar-refractivity contribution in [2.45, 2.75) is 44.6 Å². The van der Waals surface area contributed by atoms with Crippen LogP contribution in [0.25, 0.3) is 0 Å². The summed E-state index contributed by atoms with van der Waals surface area (Å²) in [7, 11) is 0.958. The van der Waals surface area contributed by atoms with Gasteiger partial charge < -0.3 is 14.5 Å². The number of nitro benzene ring substituents is 1. The Morgan fingerprint density at radius 1 is 1.22 bits per heavy atom. The number of aromatic nitrogens is 1. The molecule has 3 rings (SSSR count).